The Kier molecular flexibility index (Phi) is 8.17. The second kappa shape index (κ2) is 9.70. The highest BCUT2D eigenvalue weighted by molar-refractivity contribution is 14.0. The van der Waals surface area contributed by atoms with E-state index in [1.807, 2.05) is 18.3 Å². The van der Waals surface area contributed by atoms with E-state index >= 15 is 0 Å². The summed E-state index contributed by atoms with van der Waals surface area (Å²) < 4.78 is 23.3. The summed E-state index contributed by atoms with van der Waals surface area (Å²) in [5.41, 5.74) is 1.45. The number of nitrogens with one attached hydrogen (secondary N) is 2. The molecule has 0 bridgehead atoms. The fraction of sp³-hybridized carbons (Fsp3) is 0.706. The number of rotatable bonds is 5. The molecule has 0 aliphatic carbocycles. The maximum absolute atomic E-state index is 11.6. The van der Waals surface area contributed by atoms with Crippen molar-refractivity contribution in [2.24, 2.45) is 4.99 Å². The van der Waals surface area contributed by atoms with Gasteiger partial charge in [-0.25, -0.2) is 8.42 Å². The molecule has 0 aromatic carbocycles. The van der Waals surface area contributed by atoms with E-state index < -0.39 is 9.84 Å². The van der Waals surface area contributed by atoms with Gasteiger partial charge in [-0.1, -0.05) is 0 Å². The van der Waals surface area contributed by atoms with Gasteiger partial charge in [-0.2, -0.15) is 0 Å². The summed E-state index contributed by atoms with van der Waals surface area (Å²) in [6.45, 7) is 7.78. The monoisotopic (exact) mass is 512 g/mol. The van der Waals surface area contributed by atoms with Gasteiger partial charge in [-0.05, 0) is 43.7 Å². The van der Waals surface area contributed by atoms with E-state index in [-0.39, 0.29) is 41.5 Å². The van der Waals surface area contributed by atoms with Crippen molar-refractivity contribution in [3.63, 3.8) is 0 Å². The summed E-state index contributed by atoms with van der Waals surface area (Å²) in [6.07, 6.45) is 1.79. The van der Waals surface area contributed by atoms with Crippen LogP contribution in [0.5, 0.6) is 0 Å². The van der Waals surface area contributed by atoms with Gasteiger partial charge in [0.2, 0.25) is 0 Å². The highest BCUT2D eigenvalue weighted by atomic mass is 127. The second-order valence-corrected chi connectivity index (χ2v) is 10.1. The molecular weight excluding hydrogens is 483 g/mol. The third kappa shape index (κ3) is 5.80. The summed E-state index contributed by atoms with van der Waals surface area (Å²) in [6, 6.07) is 2.56. The maximum atomic E-state index is 11.6. The quantitative estimate of drug-likeness (QED) is 0.358. The van der Waals surface area contributed by atoms with E-state index in [0.29, 0.717) is 19.0 Å². The van der Waals surface area contributed by atoms with E-state index in [2.05, 4.69) is 33.9 Å². The van der Waals surface area contributed by atoms with Crippen LogP contribution in [0.1, 0.15) is 30.7 Å². The lowest BCUT2D eigenvalue weighted by Gasteiger charge is -2.31. The average molecular weight is 512 g/mol. The number of sulfone groups is 1. The van der Waals surface area contributed by atoms with Gasteiger partial charge in [0.25, 0.3) is 0 Å². The summed E-state index contributed by atoms with van der Waals surface area (Å²) in [5.74, 6) is 1.21. The van der Waals surface area contributed by atoms with Crippen LogP contribution in [-0.4, -0.2) is 62.5 Å². The minimum absolute atomic E-state index is 0. The van der Waals surface area contributed by atoms with Gasteiger partial charge in [0, 0.05) is 36.6 Å². The number of nitrogens with zero attached hydrogens (tertiary/aromatic N) is 2. The van der Waals surface area contributed by atoms with Crippen molar-refractivity contribution < 1.29 is 8.42 Å². The molecule has 3 rings (SSSR count). The van der Waals surface area contributed by atoms with Crippen molar-refractivity contribution in [1.82, 2.24) is 15.5 Å². The minimum Gasteiger partial charge on any atom is -0.357 e. The van der Waals surface area contributed by atoms with Gasteiger partial charge in [-0.3, -0.25) is 9.89 Å². The van der Waals surface area contributed by atoms with Crippen LogP contribution in [0.15, 0.2) is 16.4 Å². The number of thiophene rings is 1. The number of hydrogen-bond donors (Lipinski definition) is 2. The molecule has 2 N–H and O–H groups in total. The van der Waals surface area contributed by atoms with E-state index in [1.54, 1.807) is 0 Å². The van der Waals surface area contributed by atoms with E-state index in [1.165, 1.54) is 10.4 Å². The lowest BCUT2D eigenvalue weighted by molar-refractivity contribution is 0.197. The molecule has 9 heteroatoms. The van der Waals surface area contributed by atoms with Crippen LogP contribution in [-0.2, 0) is 22.8 Å². The van der Waals surface area contributed by atoms with Crippen LogP contribution in [0.3, 0.4) is 0 Å². The molecule has 1 aromatic rings. The first kappa shape index (κ1) is 21.9. The van der Waals surface area contributed by atoms with Crippen molar-refractivity contribution in [3.8, 4) is 0 Å². The van der Waals surface area contributed by atoms with Crippen LogP contribution < -0.4 is 10.6 Å². The fourth-order valence-electron chi connectivity index (χ4n) is 3.41. The Balaban J connectivity index is 0.00000243. The Bertz CT molecular complexity index is 720. The predicted molar refractivity (Wildman–Crippen MR) is 119 cm³/mol. The molecule has 1 aromatic heterocycles. The highest BCUT2D eigenvalue weighted by Crippen LogP contribution is 2.25. The number of fused-ring (bicyclic) bond motifs is 1. The molecule has 0 amide bonds. The number of hydrogen-bond acceptors (Lipinski definition) is 5. The summed E-state index contributed by atoms with van der Waals surface area (Å²) in [7, 11) is -2.88. The lowest BCUT2D eigenvalue weighted by atomic mass is 10.1. The average Bonchev–Trinajstić information content (AvgIpc) is 3.17. The molecular formula is C17H29IN4O2S2. The summed E-state index contributed by atoms with van der Waals surface area (Å²) in [4.78, 5) is 8.70. The SMILES string of the molecule is CCNC(=NCC(C)N1CCc2sccc2C1)NC1CCS(=O)(=O)C1.I. The Hall–Kier alpha value is -0.390. The smallest absolute Gasteiger partial charge is 0.191 e. The van der Waals surface area contributed by atoms with Gasteiger partial charge in [0.15, 0.2) is 15.8 Å². The highest BCUT2D eigenvalue weighted by Gasteiger charge is 2.28. The molecule has 26 heavy (non-hydrogen) atoms. The Morgan fingerprint density at radius 2 is 2.31 bits per heavy atom. The van der Waals surface area contributed by atoms with Crippen molar-refractivity contribution in [3.05, 3.63) is 21.9 Å². The van der Waals surface area contributed by atoms with Gasteiger partial charge in [0.1, 0.15) is 0 Å². The first-order chi connectivity index (χ1) is 12.0. The summed E-state index contributed by atoms with van der Waals surface area (Å²) >= 11 is 1.86. The van der Waals surface area contributed by atoms with Crippen LogP contribution in [0.25, 0.3) is 0 Å². The molecule has 3 heterocycles. The van der Waals surface area contributed by atoms with Gasteiger partial charge >= 0.3 is 0 Å². The van der Waals surface area contributed by atoms with Gasteiger partial charge in [-0.15, -0.1) is 35.3 Å². The Morgan fingerprint density at radius 3 is 3.00 bits per heavy atom. The molecule has 2 unspecified atom stereocenters. The molecule has 1 fully saturated rings. The second-order valence-electron chi connectivity index (χ2n) is 6.90. The van der Waals surface area contributed by atoms with Crippen molar-refractivity contribution >= 4 is 51.1 Å². The van der Waals surface area contributed by atoms with Crippen molar-refractivity contribution in [2.45, 2.75) is 45.3 Å². The first-order valence-corrected chi connectivity index (χ1v) is 11.7. The normalized spacial score (nSPS) is 23.8. The predicted octanol–water partition coefficient (Wildman–Crippen LogP) is 1.85. The van der Waals surface area contributed by atoms with Crippen LogP contribution in [0.2, 0.25) is 0 Å². The molecule has 2 aliphatic heterocycles. The van der Waals surface area contributed by atoms with Crippen LogP contribution in [0, 0.1) is 0 Å². The van der Waals surface area contributed by atoms with Crippen molar-refractivity contribution in [2.75, 3.05) is 31.1 Å². The van der Waals surface area contributed by atoms with Gasteiger partial charge < -0.3 is 10.6 Å². The van der Waals surface area contributed by atoms with E-state index in [4.69, 9.17) is 4.99 Å². The maximum Gasteiger partial charge on any atom is 0.191 e. The molecule has 0 radical (unpaired) electrons. The van der Waals surface area contributed by atoms with Crippen molar-refractivity contribution in [1.29, 1.82) is 0 Å². The Morgan fingerprint density at radius 1 is 1.50 bits per heavy atom. The van der Waals surface area contributed by atoms with Crippen LogP contribution >= 0.6 is 35.3 Å². The topological polar surface area (TPSA) is 73.8 Å². The molecule has 1 saturated heterocycles. The number of guanidine groups is 1. The fourth-order valence-corrected chi connectivity index (χ4v) is 5.97. The minimum atomic E-state index is -2.88. The Labute approximate surface area is 177 Å². The zero-order valence-electron chi connectivity index (χ0n) is 15.4. The standard InChI is InChI=1S/C17H28N4O2S2.HI/c1-3-18-17(20-15-6-9-25(22,23)12-15)19-10-13(2)21-7-4-16-14(11-21)5-8-24-16;/h5,8,13,15H,3-4,6-7,9-12H2,1-2H3,(H2,18,19,20);1H. The molecule has 2 atom stereocenters. The first-order valence-electron chi connectivity index (χ1n) is 9.01. The van der Waals surface area contributed by atoms with E-state index in [9.17, 15) is 8.42 Å². The molecule has 148 valence electrons. The zero-order chi connectivity index (χ0) is 17.9. The van der Waals surface area contributed by atoms with Crippen LogP contribution in [0.4, 0.5) is 0 Å². The largest absolute Gasteiger partial charge is 0.357 e. The third-order valence-electron chi connectivity index (χ3n) is 4.89. The summed E-state index contributed by atoms with van der Waals surface area (Å²) in [5, 5.41) is 8.70. The number of halogens is 1. The molecule has 0 saturated carbocycles. The third-order valence-corrected chi connectivity index (χ3v) is 7.68. The molecule has 2 aliphatic rings. The molecule has 0 spiro atoms. The lowest BCUT2D eigenvalue weighted by Crippen LogP contribution is -2.45. The number of aliphatic imine (C=N–C) groups is 1. The molecule has 6 nitrogen and oxygen atoms in total. The van der Waals surface area contributed by atoms with Gasteiger partial charge in [0.05, 0.1) is 18.1 Å². The van der Waals surface area contributed by atoms with E-state index in [0.717, 1.165) is 32.0 Å². The zero-order valence-corrected chi connectivity index (χ0v) is 19.4.